The molecule has 1 saturated heterocycles. The first kappa shape index (κ1) is 17.7. The van der Waals surface area contributed by atoms with E-state index in [-0.39, 0.29) is 23.8 Å². The molecule has 3 rings (SSSR count). The Bertz CT molecular complexity index is 833. The second-order valence-corrected chi connectivity index (χ2v) is 6.36. The molecule has 0 radical (unpaired) electrons. The maximum Gasteiger partial charge on any atom is 0.255 e. The van der Waals surface area contributed by atoms with E-state index in [0.29, 0.717) is 29.8 Å². The number of carbonyl (C=O) groups is 3. The number of hydrogen-bond acceptors (Lipinski definition) is 3. The van der Waals surface area contributed by atoms with Crippen LogP contribution in [0.1, 0.15) is 39.1 Å². The van der Waals surface area contributed by atoms with Crippen molar-refractivity contribution in [3.8, 4) is 0 Å². The minimum absolute atomic E-state index is 0.0190. The van der Waals surface area contributed by atoms with Gasteiger partial charge in [-0.15, -0.1) is 0 Å². The number of nitrogens with one attached hydrogen (secondary N) is 3. The Labute approximate surface area is 152 Å². The Morgan fingerprint density at radius 1 is 1.08 bits per heavy atom. The fourth-order valence-corrected chi connectivity index (χ4v) is 2.83. The van der Waals surface area contributed by atoms with E-state index < -0.39 is 0 Å². The first-order valence-electron chi connectivity index (χ1n) is 8.57. The molecule has 0 bridgehead atoms. The SMILES string of the molecule is Cc1ccc(C(=O)NC[C@@H]2CCC(=O)N2)cc1NC(=O)c1ccccc1. The molecule has 3 N–H and O–H groups in total. The molecule has 2 aromatic rings. The number of benzene rings is 2. The predicted octanol–water partition coefficient (Wildman–Crippen LogP) is 2.26. The van der Waals surface area contributed by atoms with Crippen molar-refractivity contribution in [2.45, 2.75) is 25.8 Å². The third kappa shape index (κ3) is 4.27. The average Bonchev–Trinajstić information content (AvgIpc) is 3.07. The summed E-state index contributed by atoms with van der Waals surface area (Å²) in [5.41, 5.74) is 2.48. The van der Waals surface area contributed by atoms with Crippen molar-refractivity contribution in [1.82, 2.24) is 10.6 Å². The molecule has 2 aromatic carbocycles. The van der Waals surface area contributed by atoms with Gasteiger partial charge in [0.2, 0.25) is 5.91 Å². The molecule has 0 spiro atoms. The lowest BCUT2D eigenvalue weighted by atomic mass is 10.1. The Kier molecular flexibility index (Phi) is 5.31. The number of carbonyl (C=O) groups excluding carboxylic acids is 3. The summed E-state index contributed by atoms with van der Waals surface area (Å²) in [5.74, 6) is -0.438. The van der Waals surface area contributed by atoms with Gasteiger partial charge in [-0.3, -0.25) is 14.4 Å². The average molecular weight is 351 g/mol. The van der Waals surface area contributed by atoms with Gasteiger partial charge >= 0.3 is 0 Å². The van der Waals surface area contributed by atoms with Gasteiger partial charge in [-0.2, -0.15) is 0 Å². The van der Waals surface area contributed by atoms with E-state index in [9.17, 15) is 14.4 Å². The second kappa shape index (κ2) is 7.82. The molecule has 1 atom stereocenters. The maximum atomic E-state index is 12.4. The van der Waals surface area contributed by atoms with Crippen LogP contribution in [0.25, 0.3) is 0 Å². The van der Waals surface area contributed by atoms with E-state index in [2.05, 4.69) is 16.0 Å². The van der Waals surface area contributed by atoms with Gasteiger partial charge in [-0.25, -0.2) is 0 Å². The highest BCUT2D eigenvalue weighted by molar-refractivity contribution is 6.05. The lowest BCUT2D eigenvalue weighted by Gasteiger charge is -2.13. The molecule has 134 valence electrons. The monoisotopic (exact) mass is 351 g/mol. The number of amides is 3. The van der Waals surface area contributed by atoms with E-state index in [1.807, 2.05) is 13.0 Å². The van der Waals surface area contributed by atoms with Crippen LogP contribution in [0.15, 0.2) is 48.5 Å². The maximum absolute atomic E-state index is 12.4. The Hall–Kier alpha value is -3.15. The van der Waals surface area contributed by atoms with Crippen LogP contribution in [0.3, 0.4) is 0 Å². The second-order valence-electron chi connectivity index (χ2n) is 6.36. The molecule has 6 nitrogen and oxygen atoms in total. The van der Waals surface area contributed by atoms with Crippen molar-refractivity contribution >= 4 is 23.4 Å². The van der Waals surface area contributed by atoms with Crippen LogP contribution in [-0.2, 0) is 4.79 Å². The van der Waals surface area contributed by atoms with Crippen molar-refractivity contribution in [3.05, 3.63) is 65.2 Å². The zero-order valence-electron chi connectivity index (χ0n) is 14.5. The summed E-state index contributed by atoms with van der Waals surface area (Å²) in [4.78, 5) is 35.9. The van der Waals surface area contributed by atoms with Gasteiger partial charge in [0, 0.05) is 35.8 Å². The highest BCUT2D eigenvalue weighted by atomic mass is 16.2. The summed E-state index contributed by atoms with van der Waals surface area (Å²) < 4.78 is 0. The van der Waals surface area contributed by atoms with Crippen LogP contribution in [0.4, 0.5) is 5.69 Å². The van der Waals surface area contributed by atoms with Crippen LogP contribution >= 0.6 is 0 Å². The molecule has 1 aliphatic heterocycles. The molecule has 1 heterocycles. The minimum Gasteiger partial charge on any atom is -0.352 e. The summed E-state index contributed by atoms with van der Waals surface area (Å²) in [5, 5.41) is 8.49. The van der Waals surface area contributed by atoms with E-state index in [4.69, 9.17) is 0 Å². The molecule has 1 aliphatic rings. The van der Waals surface area contributed by atoms with Gasteiger partial charge in [-0.1, -0.05) is 24.3 Å². The zero-order valence-corrected chi connectivity index (χ0v) is 14.5. The third-order valence-electron chi connectivity index (χ3n) is 4.38. The van der Waals surface area contributed by atoms with E-state index in [1.54, 1.807) is 42.5 Å². The van der Waals surface area contributed by atoms with Crippen molar-refractivity contribution < 1.29 is 14.4 Å². The summed E-state index contributed by atoms with van der Waals surface area (Å²) in [6.07, 6.45) is 1.23. The van der Waals surface area contributed by atoms with Crippen molar-refractivity contribution in [2.24, 2.45) is 0 Å². The summed E-state index contributed by atoms with van der Waals surface area (Å²) in [6, 6.07) is 14.1. The first-order chi connectivity index (χ1) is 12.5. The van der Waals surface area contributed by atoms with E-state index in [0.717, 1.165) is 12.0 Å². The highest BCUT2D eigenvalue weighted by Crippen LogP contribution is 2.18. The largest absolute Gasteiger partial charge is 0.352 e. The predicted molar refractivity (Wildman–Crippen MR) is 99.1 cm³/mol. The summed E-state index contributed by atoms with van der Waals surface area (Å²) >= 11 is 0. The lowest BCUT2D eigenvalue weighted by molar-refractivity contribution is -0.119. The standard InChI is InChI=1S/C20H21N3O3/c1-13-7-8-15(19(25)21-12-16-9-10-18(24)22-16)11-17(13)23-20(26)14-5-3-2-4-6-14/h2-8,11,16H,9-10,12H2,1H3,(H,21,25)(H,22,24)(H,23,26)/t16-/m0/s1. The smallest absolute Gasteiger partial charge is 0.255 e. The number of hydrogen-bond donors (Lipinski definition) is 3. The van der Waals surface area contributed by atoms with Crippen molar-refractivity contribution in [2.75, 3.05) is 11.9 Å². The third-order valence-corrected chi connectivity index (χ3v) is 4.38. The molecular formula is C20H21N3O3. The zero-order chi connectivity index (χ0) is 18.5. The van der Waals surface area contributed by atoms with E-state index >= 15 is 0 Å². The van der Waals surface area contributed by atoms with Crippen LogP contribution in [-0.4, -0.2) is 30.3 Å². The molecule has 6 heteroatoms. The van der Waals surface area contributed by atoms with Crippen LogP contribution in [0.2, 0.25) is 0 Å². The quantitative estimate of drug-likeness (QED) is 0.772. The molecule has 0 aromatic heterocycles. The molecule has 1 fully saturated rings. The molecule has 3 amide bonds. The van der Waals surface area contributed by atoms with Gasteiger partial charge in [-0.05, 0) is 43.2 Å². The van der Waals surface area contributed by atoms with E-state index in [1.165, 1.54) is 0 Å². The Balaban J connectivity index is 1.66. The molecule has 0 saturated carbocycles. The van der Waals surface area contributed by atoms with Crippen LogP contribution in [0, 0.1) is 6.92 Å². The topological polar surface area (TPSA) is 87.3 Å². The van der Waals surface area contributed by atoms with Gasteiger partial charge in [0.15, 0.2) is 0 Å². The van der Waals surface area contributed by atoms with Gasteiger partial charge in [0.25, 0.3) is 11.8 Å². The molecular weight excluding hydrogens is 330 g/mol. The van der Waals surface area contributed by atoms with Crippen LogP contribution < -0.4 is 16.0 Å². The number of aryl methyl sites for hydroxylation is 1. The van der Waals surface area contributed by atoms with Crippen molar-refractivity contribution in [1.29, 1.82) is 0 Å². The van der Waals surface area contributed by atoms with Gasteiger partial charge in [0.1, 0.15) is 0 Å². The normalized spacial score (nSPS) is 16.0. The molecule has 0 aliphatic carbocycles. The van der Waals surface area contributed by atoms with Crippen LogP contribution in [0.5, 0.6) is 0 Å². The number of rotatable bonds is 5. The van der Waals surface area contributed by atoms with Gasteiger partial charge in [0.05, 0.1) is 0 Å². The molecule has 26 heavy (non-hydrogen) atoms. The Morgan fingerprint density at radius 3 is 2.54 bits per heavy atom. The fourth-order valence-electron chi connectivity index (χ4n) is 2.83. The lowest BCUT2D eigenvalue weighted by Crippen LogP contribution is -2.38. The number of anilines is 1. The minimum atomic E-state index is -0.235. The Morgan fingerprint density at radius 2 is 1.85 bits per heavy atom. The highest BCUT2D eigenvalue weighted by Gasteiger charge is 2.21. The summed E-state index contributed by atoms with van der Waals surface area (Å²) in [7, 11) is 0. The summed E-state index contributed by atoms with van der Waals surface area (Å²) in [6.45, 7) is 2.26. The first-order valence-corrected chi connectivity index (χ1v) is 8.57. The van der Waals surface area contributed by atoms with Crippen molar-refractivity contribution in [3.63, 3.8) is 0 Å². The molecule has 0 unspecified atom stereocenters. The van der Waals surface area contributed by atoms with Gasteiger partial charge < -0.3 is 16.0 Å². The fraction of sp³-hybridized carbons (Fsp3) is 0.250.